The molecule has 1 unspecified atom stereocenters. The van der Waals surface area contributed by atoms with Crippen LogP contribution in [0.5, 0.6) is 0 Å². The van der Waals surface area contributed by atoms with E-state index in [1.165, 1.54) is 5.57 Å². The molecule has 1 aliphatic carbocycles. The van der Waals surface area contributed by atoms with Gasteiger partial charge in [-0.15, -0.1) is 0 Å². The number of fused-ring (bicyclic) bond motifs is 1. The first kappa shape index (κ1) is 14.0. The molecule has 2 N–H and O–H groups in total. The molecule has 0 aromatic carbocycles. The lowest BCUT2D eigenvalue weighted by Crippen LogP contribution is -2.02. The van der Waals surface area contributed by atoms with Gasteiger partial charge in [0.05, 0.1) is 18.9 Å². The summed E-state index contributed by atoms with van der Waals surface area (Å²) in [7, 11) is 0. The van der Waals surface area contributed by atoms with Gasteiger partial charge >= 0.3 is 0 Å². The summed E-state index contributed by atoms with van der Waals surface area (Å²) in [5.74, 6) is 0.647. The lowest BCUT2D eigenvalue weighted by atomic mass is 9.99. The molecule has 2 aromatic rings. The minimum absolute atomic E-state index is 0.465. The van der Waals surface area contributed by atoms with Crippen LogP contribution in [0.4, 0.5) is 0 Å². The van der Waals surface area contributed by atoms with Gasteiger partial charge in [-0.25, -0.2) is 4.98 Å². The topological polar surface area (TPSA) is 52.5 Å². The van der Waals surface area contributed by atoms with Gasteiger partial charge in [0, 0.05) is 18.9 Å². The van der Waals surface area contributed by atoms with Gasteiger partial charge in [-0.1, -0.05) is 31.2 Å². The molecule has 0 bridgehead atoms. The number of imidazole rings is 1. The molecule has 0 saturated heterocycles. The van der Waals surface area contributed by atoms with Crippen molar-refractivity contribution in [3.8, 4) is 0 Å². The van der Waals surface area contributed by atoms with Crippen molar-refractivity contribution in [3.63, 3.8) is 0 Å². The maximum atomic E-state index is 5.80. The van der Waals surface area contributed by atoms with Crippen molar-refractivity contribution in [2.24, 2.45) is 11.7 Å². The van der Waals surface area contributed by atoms with Gasteiger partial charge in [-0.05, 0) is 29.5 Å². The molecule has 21 heavy (non-hydrogen) atoms. The van der Waals surface area contributed by atoms with E-state index in [0.29, 0.717) is 25.7 Å². The van der Waals surface area contributed by atoms with E-state index in [-0.39, 0.29) is 0 Å². The van der Waals surface area contributed by atoms with Gasteiger partial charge in [0.15, 0.2) is 0 Å². The predicted octanol–water partition coefficient (Wildman–Crippen LogP) is 2.83. The highest BCUT2D eigenvalue weighted by atomic mass is 16.5. The molecule has 0 spiro atoms. The molecule has 4 nitrogen and oxygen atoms in total. The second kappa shape index (κ2) is 6.24. The Morgan fingerprint density at radius 3 is 3.00 bits per heavy atom. The maximum absolute atomic E-state index is 5.80. The number of nitrogens with zero attached hydrogens (tertiary/aromatic N) is 2. The average molecular weight is 283 g/mol. The fourth-order valence-corrected chi connectivity index (χ4v) is 2.44. The van der Waals surface area contributed by atoms with Crippen molar-refractivity contribution < 1.29 is 4.74 Å². The van der Waals surface area contributed by atoms with Crippen LogP contribution < -0.4 is 5.73 Å². The lowest BCUT2D eigenvalue weighted by molar-refractivity contribution is 0.143. The van der Waals surface area contributed by atoms with E-state index in [9.17, 15) is 0 Å². The number of ether oxygens (including phenoxy) is 1. The smallest absolute Gasteiger partial charge is 0.137 e. The first-order chi connectivity index (χ1) is 10.2. The standard InChI is InChI=1S/C17H21N3O/c1-13-2-4-14(5-3-13)11-21-12-15-6-7-17-19-16(8-18)10-20(17)9-15/h2,4-7,9-10,13H,3,8,11-12,18H2,1H3. The summed E-state index contributed by atoms with van der Waals surface area (Å²) in [6, 6.07) is 4.05. The van der Waals surface area contributed by atoms with Crippen LogP contribution in [0.15, 0.2) is 48.3 Å². The van der Waals surface area contributed by atoms with E-state index >= 15 is 0 Å². The van der Waals surface area contributed by atoms with Crippen LogP contribution in [-0.4, -0.2) is 16.0 Å². The summed E-state index contributed by atoms with van der Waals surface area (Å²) in [5, 5.41) is 0. The summed E-state index contributed by atoms with van der Waals surface area (Å²) >= 11 is 0. The first-order valence-corrected chi connectivity index (χ1v) is 7.36. The molecular weight excluding hydrogens is 262 g/mol. The molecule has 0 fully saturated rings. The van der Waals surface area contributed by atoms with E-state index in [1.807, 2.05) is 16.7 Å². The number of rotatable bonds is 5. The van der Waals surface area contributed by atoms with Gasteiger partial charge in [0.2, 0.25) is 0 Å². The Kier molecular flexibility index (Phi) is 4.18. The summed E-state index contributed by atoms with van der Waals surface area (Å²) in [5.41, 5.74) is 9.84. The zero-order valence-electron chi connectivity index (χ0n) is 12.3. The summed E-state index contributed by atoms with van der Waals surface area (Å²) in [6.45, 7) is 3.96. The number of hydrogen-bond donors (Lipinski definition) is 1. The highest BCUT2D eigenvalue weighted by molar-refractivity contribution is 5.41. The van der Waals surface area contributed by atoms with Gasteiger partial charge in [0.25, 0.3) is 0 Å². The normalized spacial score (nSPS) is 18.2. The van der Waals surface area contributed by atoms with Crippen molar-refractivity contribution in [1.82, 2.24) is 9.38 Å². The van der Waals surface area contributed by atoms with E-state index < -0.39 is 0 Å². The van der Waals surface area contributed by atoms with Crippen molar-refractivity contribution in [3.05, 3.63) is 59.6 Å². The first-order valence-electron chi connectivity index (χ1n) is 7.36. The number of pyridine rings is 1. The highest BCUT2D eigenvalue weighted by Gasteiger charge is 2.04. The van der Waals surface area contributed by atoms with Crippen LogP contribution in [0.2, 0.25) is 0 Å². The fourth-order valence-electron chi connectivity index (χ4n) is 2.44. The lowest BCUT2D eigenvalue weighted by Gasteiger charge is -2.12. The van der Waals surface area contributed by atoms with Crippen LogP contribution in [0.3, 0.4) is 0 Å². The summed E-state index contributed by atoms with van der Waals surface area (Å²) < 4.78 is 7.80. The minimum Gasteiger partial charge on any atom is -0.372 e. The fraction of sp³-hybridized carbons (Fsp3) is 0.353. The van der Waals surface area contributed by atoms with E-state index in [0.717, 1.165) is 23.3 Å². The van der Waals surface area contributed by atoms with Crippen molar-refractivity contribution in [2.75, 3.05) is 6.61 Å². The Morgan fingerprint density at radius 1 is 1.33 bits per heavy atom. The minimum atomic E-state index is 0.465. The zero-order chi connectivity index (χ0) is 14.7. The third-order valence-corrected chi connectivity index (χ3v) is 3.70. The maximum Gasteiger partial charge on any atom is 0.137 e. The second-order valence-corrected chi connectivity index (χ2v) is 5.58. The Hall–Kier alpha value is -1.91. The monoisotopic (exact) mass is 283 g/mol. The van der Waals surface area contributed by atoms with Crippen LogP contribution in [0.1, 0.15) is 24.6 Å². The number of allylic oxidation sites excluding steroid dienone is 2. The molecule has 0 aliphatic heterocycles. The molecule has 0 radical (unpaired) electrons. The van der Waals surface area contributed by atoms with Crippen molar-refractivity contribution in [2.45, 2.75) is 26.5 Å². The predicted molar refractivity (Wildman–Crippen MR) is 83.7 cm³/mol. The molecular formula is C17H21N3O. The molecule has 1 aliphatic rings. The molecule has 0 saturated carbocycles. The van der Waals surface area contributed by atoms with Crippen molar-refractivity contribution in [1.29, 1.82) is 0 Å². The molecule has 4 heteroatoms. The van der Waals surface area contributed by atoms with Gasteiger partial charge in [-0.2, -0.15) is 0 Å². The van der Waals surface area contributed by atoms with E-state index in [1.54, 1.807) is 0 Å². The quantitative estimate of drug-likeness (QED) is 0.918. The number of nitrogens with two attached hydrogens (primary N) is 1. The van der Waals surface area contributed by atoms with Crippen molar-refractivity contribution >= 4 is 5.65 Å². The Labute approximate surface area is 124 Å². The number of hydrogen-bond acceptors (Lipinski definition) is 3. The molecule has 0 amide bonds. The third-order valence-electron chi connectivity index (χ3n) is 3.70. The third kappa shape index (κ3) is 3.40. The highest BCUT2D eigenvalue weighted by Crippen LogP contribution is 2.16. The van der Waals surface area contributed by atoms with Crippen LogP contribution >= 0.6 is 0 Å². The van der Waals surface area contributed by atoms with E-state index in [2.05, 4.69) is 42.4 Å². The summed E-state index contributed by atoms with van der Waals surface area (Å²) in [4.78, 5) is 4.41. The Balaban J connectivity index is 1.59. The second-order valence-electron chi connectivity index (χ2n) is 5.58. The van der Waals surface area contributed by atoms with Gasteiger partial charge in [0.1, 0.15) is 5.65 Å². The SMILES string of the molecule is CC1C=CC(COCc2ccc3nc(CN)cn3c2)=CC1. The molecule has 110 valence electrons. The molecule has 2 heterocycles. The zero-order valence-corrected chi connectivity index (χ0v) is 12.3. The largest absolute Gasteiger partial charge is 0.372 e. The number of aromatic nitrogens is 2. The van der Waals surface area contributed by atoms with Crippen LogP contribution in [-0.2, 0) is 17.9 Å². The molecule has 2 aromatic heterocycles. The van der Waals surface area contributed by atoms with E-state index in [4.69, 9.17) is 10.5 Å². The van der Waals surface area contributed by atoms with Gasteiger partial charge < -0.3 is 14.9 Å². The molecule has 1 atom stereocenters. The van der Waals surface area contributed by atoms with Crippen LogP contribution in [0, 0.1) is 5.92 Å². The van der Waals surface area contributed by atoms with Gasteiger partial charge in [-0.3, -0.25) is 0 Å². The molecule has 3 rings (SSSR count). The summed E-state index contributed by atoms with van der Waals surface area (Å²) in [6.07, 6.45) is 11.8. The average Bonchev–Trinajstić information content (AvgIpc) is 2.91. The van der Waals surface area contributed by atoms with Crippen LogP contribution in [0.25, 0.3) is 5.65 Å². The Morgan fingerprint density at radius 2 is 2.24 bits per heavy atom. The Bertz CT molecular complexity index is 684.